The minimum absolute atomic E-state index is 0.0726. The molecule has 1 aromatic heterocycles. The van der Waals surface area contributed by atoms with Gasteiger partial charge in [0.05, 0.1) is 13.2 Å². The van der Waals surface area contributed by atoms with Gasteiger partial charge >= 0.3 is 19.4 Å². The maximum Gasteiger partial charge on any atom is 0.459 e. The summed E-state index contributed by atoms with van der Waals surface area (Å²) >= 11 is 0. The number of nitrogens with zero attached hydrogens (tertiary/aromatic N) is 2. The van der Waals surface area contributed by atoms with Crippen LogP contribution >= 0.6 is 7.75 Å². The van der Waals surface area contributed by atoms with Crippen LogP contribution in [0.1, 0.15) is 64.5 Å². The van der Waals surface area contributed by atoms with Crippen LogP contribution in [0.3, 0.4) is 0 Å². The normalized spacial score (nSPS) is 19.4. The van der Waals surface area contributed by atoms with Gasteiger partial charge in [-0.05, 0) is 63.1 Å². The highest BCUT2D eigenvalue weighted by atomic mass is 31.2. The van der Waals surface area contributed by atoms with E-state index in [0.29, 0.717) is 17.4 Å². The van der Waals surface area contributed by atoms with Crippen LogP contribution in [0.25, 0.3) is 0 Å². The Labute approximate surface area is 326 Å². The van der Waals surface area contributed by atoms with Crippen LogP contribution < -0.4 is 31.7 Å². The molecule has 3 rings (SSSR count). The van der Waals surface area contributed by atoms with Crippen molar-refractivity contribution in [3.8, 4) is 5.75 Å². The highest BCUT2D eigenvalue weighted by Gasteiger charge is 2.60. The minimum atomic E-state index is -4.45. The molecule has 1 aliphatic rings. The molecule has 1 aromatic carbocycles. The van der Waals surface area contributed by atoms with Crippen molar-refractivity contribution in [2.24, 2.45) is 0 Å². The van der Waals surface area contributed by atoms with Crippen molar-refractivity contribution in [2.75, 3.05) is 32.0 Å². The van der Waals surface area contributed by atoms with E-state index >= 15 is 0 Å². The molecule has 1 saturated heterocycles. The second kappa shape index (κ2) is 24.7. The topological polar surface area (TPSA) is 196 Å². The van der Waals surface area contributed by atoms with Gasteiger partial charge in [-0.3, -0.25) is 18.7 Å². The van der Waals surface area contributed by atoms with Gasteiger partial charge < -0.3 is 30.7 Å². The van der Waals surface area contributed by atoms with Gasteiger partial charge in [0.15, 0.2) is 6.10 Å². The molecule has 6 N–H and O–H groups in total. The standard InChI is InChI=1S/C39H53F2N6O8P/c1-2-3-4-5-6-7-8-9-10-11-12-13-14-15-16-17-21-24-34(48)43-26-27-44-35(49)29-45-56(52,55-31-22-19-18-20-23-31)53-30-32-36(50)39(40,41)37(54-32)47-28-25-33(42)46-38(47)51/h3-4,6-7,9-10,12-13,15-16,18-20,22-23,25,28,32,36-37,50H,2,5,8,11,14,17,21,24,26-27,29-30H2,1H3,(H,43,48)(H,44,49)(H,45,52)(H2,42,46,51)/b4-3-,7-6-,10-9-,13-12-,16-15-/t32-,36-,37-,56?/m1/s1. The fraction of sp³-hybridized carbons (Fsp3) is 0.436. The summed E-state index contributed by atoms with van der Waals surface area (Å²) in [4.78, 5) is 40.3. The zero-order valence-electron chi connectivity index (χ0n) is 31.5. The van der Waals surface area contributed by atoms with E-state index in [-0.39, 0.29) is 30.6 Å². The quantitative estimate of drug-likeness (QED) is 0.0472. The Balaban J connectivity index is 1.34. The predicted octanol–water partition coefficient (Wildman–Crippen LogP) is 5.67. The molecule has 2 amide bonds. The van der Waals surface area contributed by atoms with Gasteiger partial charge in [0, 0.05) is 25.7 Å². The van der Waals surface area contributed by atoms with Crippen molar-refractivity contribution in [1.82, 2.24) is 25.3 Å². The number of carbonyl (C=O) groups is 2. The molecule has 1 fully saturated rings. The third-order valence-electron chi connectivity index (χ3n) is 8.00. The number of anilines is 1. The lowest BCUT2D eigenvalue weighted by atomic mass is 10.1. The van der Waals surface area contributed by atoms with E-state index in [1.165, 1.54) is 12.1 Å². The average Bonchev–Trinajstić information content (AvgIpc) is 3.40. The number of nitrogen functional groups attached to an aromatic ring is 1. The molecule has 1 unspecified atom stereocenters. The highest BCUT2D eigenvalue weighted by Crippen LogP contribution is 2.47. The highest BCUT2D eigenvalue weighted by molar-refractivity contribution is 7.52. The number of halogens is 2. The SMILES string of the molecule is CC/C=C\C/C=C\C/C=C\C/C=C\C/C=C\CCCC(=O)NCCNC(=O)CNP(=O)(OC[C@H]1O[C@@H](n2ccc(N)nc2=O)C(F)(F)[C@@H]1O)Oc1ccccc1. The van der Waals surface area contributed by atoms with E-state index in [4.69, 9.17) is 19.5 Å². The summed E-state index contributed by atoms with van der Waals surface area (Å²) in [7, 11) is -4.45. The summed E-state index contributed by atoms with van der Waals surface area (Å²) < 4.78 is 60.2. The molecular formula is C39H53F2N6O8P. The number of aromatic nitrogens is 2. The first kappa shape index (κ1) is 45.7. The number of unbranched alkanes of at least 4 members (excludes halogenated alkanes) is 1. The molecule has 2 aromatic rings. The van der Waals surface area contributed by atoms with Gasteiger partial charge in [-0.1, -0.05) is 85.9 Å². The van der Waals surface area contributed by atoms with Crippen LogP contribution in [-0.4, -0.2) is 70.8 Å². The van der Waals surface area contributed by atoms with Crippen LogP contribution in [0.4, 0.5) is 14.6 Å². The van der Waals surface area contributed by atoms with Crippen LogP contribution in [0.2, 0.25) is 0 Å². The monoisotopic (exact) mass is 802 g/mol. The van der Waals surface area contributed by atoms with Crippen molar-refractivity contribution < 1.29 is 41.8 Å². The molecule has 0 radical (unpaired) electrons. The van der Waals surface area contributed by atoms with Crippen LogP contribution in [-0.2, 0) is 23.4 Å². The molecule has 14 nitrogen and oxygen atoms in total. The lowest BCUT2D eigenvalue weighted by Gasteiger charge is -2.22. The Morgan fingerprint density at radius 2 is 1.54 bits per heavy atom. The molecule has 17 heteroatoms. The molecule has 56 heavy (non-hydrogen) atoms. The summed E-state index contributed by atoms with van der Waals surface area (Å²) in [5, 5.41) is 18.0. The molecule has 0 aliphatic carbocycles. The number of para-hydroxylation sites is 1. The maximum absolute atomic E-state index is 15.0. The summed E-state index contributed by atoms with van der Waals surface area (Å²) in [6.07, 6.45) is 22.1. The fourth-order valence-corrected chi connectivity index (χ4v) is 6.37. The Hall–Kier alpha value is -4.73. The average molecular weight is 803 g/mol. The lowest BCUT2D eigenvalue weighted by Crippen LogP contribution is -2.42. The van der Waals surface area contributed by atoms with Crippen molar-refractivity contribution in [3.63, 3.8) is 0 Å². The minimum Gasteiger partial charge on any atom is -0.413 e. The van der Waals surface area contributed by atoms with Crippen molar-refractivity contribution in [2.45, 2.75) is 82.6 Å². The summed E-state index contributed by atoms with van der Waals surface area (Å²) in [5.74, 6) is -4.89. The van der Waals surface area contributed by atoms with Crippen LogP contribution in [0.5, 0.6) is 5.75 Å². The lowest BCUT2D eigenvalue weighted by molar-refractivity contribution is -0.140. The fourth-order valence-electron chi connectivity index (χ4n) is 5.08. The maximum atomic E-state index is 15.0. The van der Waals surface area contributed by atoms with E-state index in [1.807, 2.05) is 6.08 Å². The molecule has 1 aliphatic heterocycles. The number of aliphatic hydroxyl groups is 1. The summed E-state index contributed by atoms with van der Waals surface area (Å²) in [6.45, 7) is 0.890. The molecular weight excluding hydrogens is 749 g/mol. The van der Waals surface area contributed by atoms with E-state index in [0.717, 1.165) is 50.8 Å². The van der Waals surface area contributed by atoms with Crippen molar-refractivity contribution in [1.29, 1.82) is 0 Å². The Morgan fingerprint density at radius 3 is 2.14 bits per heavy atom. The first-order valence-electron chi connectivity index (χ1n) is 18.5. The Bertz CT molecular complexity index is 1770. The number of nitrogens with two attached hydrogens (primary N) is 1. The summed E-state index contributed by atoms with van der Waals surface area (Å²) in [5.41, 5.74) is 4.30. The van der Waals surface area contributed by atoms with E-state index in [1.54, 1.807) is 18.2 Å². The van der Waals surface area contributed by atoms with Crippen molar-refractivity contribution >= 4 is 25.4 Å². The third-order valence-corrected chi connectivity index (χ3v) is 9.48. The first-order chi connectivity index (χ1) is 26.9. The zero-order valence-corrected chi connectivity index (χ0v) is 32.4. The Kier molecular flexibility index (Phi) is 20.1. The second-order valence-corrected chi connectivity index (χ2v) is 14.3. The van der Waals surface area contributed by atoms with E-state index in [9.17, 15) is 32.8 Å². The van der Waals surface area contributed by atoms with Gasteiger partial charge in [0.2, 0.25) is 18.0 Å². The number of aliphatic hydroxyl groups excluding tert-OH is 1. The number of carbonyl (C=O) groups excluding carboxylic acids is 2. The summed E-state index contributed by atoms with van der Waals surface area (Å²) in [6, 6.07) is 8.85. The molecule has 0 saturated carbocycles. The number of allylic oxidation sites excluding steroid dienone is 10. The van der Waals surface area contributed by atoms with E-state index in [2.05, 4.69) is 82.3 Å². The van der Waals surface area contributed by atoms with Gasteiger partial charge in [0.1, 0.15) is 17.7 Å². The second-order valence-electron chi connectivity index (χ2n) is 12.5. The van der Waals surface area contributed by atoms with Crippen molar-refractivity contribution in [3.05, 3.63) is 114 Å². The molecule has 2 heterocycles. The number of rotatable bonds is 25. The van der Waals surface area contributed by atoms with Gasteiger partial charge in [0.25, 0.3) is 0 Å². The van der Waals surface area contributed by atoms with Crippen LogP contribution in [0.15, 0.2) is 108 Å². The first-order valence-corrected chi connectivity index (χ1v) is 20.1. The van der Waals surface area contributed by atoms with Gasteiger partial charge in [-0.15, -0.1) is 0 Å². The number of ether oxygens (including phenoxy) is 1. The molecule has 4 atom stereocenters. The number of amides is 2. The number of benzene rings is 1. The number of nitrogens with one attached hydrogen (secondary N) is 3. The predicted molar refractivity (Wildman–Crippen MR) is 211 cm³/mol. The smallest absolute Gasteiger partial charge is 0.413 e. The number of hydrogen-bond acceptors (Lipinski definition) is 10. The molecule has 0 bridgehead atoms. The van der Waals surface area contributed by atoms with Gasteiger partial charge in [-0.2, -0.15) is 13.8 Å². The third kappa shape index (κ3) is 16.6. The zero-order chi connectivity index (χ0) is 40.7. The van der Waals surface area contributed by atoms with E-state index < -0.39 is 56.9 Å². The number of hydrogen-bond donors (Lipinski definition) is 5. The van der Waals surface area contributed by atoms with Crippen LogP contribution in [0, 0.1) is 0 Å². The largest absolute Gasteiger partial charge is 0.459 e. The molecule has 306 valence electrons. The van der Waals surface area contributed by atoms with Gasteiger partial charge in [-0.25, -0.2) is 14.4 Å². The Morgan fingerprint density at radius 1 is 0.946 bits per heavy atom. The number of alkyl halides is 2. The molecule has 0 spiro atoms.